The molecule has 0 radical (unpaired) electrons. The summed E-state index contributed by atoms with van der Waals surface area (Å²) in [7, 11) is 0. The lowest BCUT2D eigenvalue weighted by atomic mass is 10.1. The number of halogens is 2. The second kappa shape index (κ2) is 16.0. The summed E-state index contributed by atoms with van der Waals surface area (Å²) in [6.45, 7) is -0.531. The fourth-order valence-corrected chi connectivity index (χ4v) is 4.28. The molecular formula is C32H26Cl2N6O4. The normalized spacial score (nSPS) is 11.0. The monoisotopic (exact) mass is 628 g/mol. The average Bonchev–Trinajstić information content (AvgIpc) is 2.99. The maximum Gasteiger partial charge on any atom is 0.231 e. The minimum Gasteiger partial charge on any atom is -0.326 e. The van der Waals surface area contributed by atoms with Gasteiger partial charge in [-0.1, -0.05) is 71.7 Å². The highest BCUT2D eigenvalue weighted by atomic mass is 35.5. The van der Waals surface area contributed by atoms with Crippen molar-refractivity contribution in [2.24, 2.45) is 20.5 Å². The Labute approximate surface area is 263 Å². The molecule has 44 heavy (non-hydrogen) atoms. The third-order valence-electron chi connectivity index (χ3n) is 5.91. The van der Waals surface area contributed by atoms with Crippen LogP contribution in [0.5, 0.6) is 0 Å². The van der Waals surface area contributed by atoms with Crippen LogP contribution in [0.3, 0.4) is 0 Å². The fraction of sp³-hybridized carbons (Fsp3) is 0.125. The lowest BCUT2D eigenvalue weighted by Gasteiger charge is -2.06. The van der Waals surface area contributed by atoms with Gasteiger partial charge in [-0.25, -0.2) is 0 Å². The molecule has 0 spiro atoms. The molecular weight excluding hydrogens is 603 g/mol. The largest absolute Gasteiger partial charge is 0.326 e. The highest BCUT2D eigenvalue weighted by Crippen LogP contribution is 2.34. The number of amides is 2. The predicted molar refractivity (Wildman–Crippen MR) is 170 cm³/mol. The summed E-state index contributed by atoms with van der Waals surface area (Å²) in [5.41, 5.74) is 3.41. The fourth-order valence-electron chi connectivity index (χ4n) is 3.84. The Morgan fingerprint density at radius 1 is 0.545 bits per heavy atom. The maximum absolute atomic E-state index is 12.1. The molecule has 10 nitrogen and oxygen atoms in total. The number of carbonyl (C=O) groups is 4. The van der Waals surface area contributed by atoms with E-state index in [4.69, 9.17) is 23.2 Å². The predicted octanol–water partition coefficient (Wildman–Crippen LogP) is 8.02. The van der Waals surface area contributed by atoms with E-state index in [0.717, 1.165) is 11.1 Å². The number of nitrogens with one attached hydrogen (secondary N) is 2. The Kier molecular flexibility index (Phi) is 11.6. The lowest BCUT2D eigenvalue weighted by Crippen LogP contribution is -2.17. The quantitative estimate of drug-likeness (QED) is 0.114. The molecule has 4 rings (SSSR count). The van der Waals surface area contributed by atoms with Gasteiger partial charge >= 0.3 is 0 Å². The average molecular weight is 630 g/mol. The number of ketones is 2. The highest BCUT2D eigenvalue weighted by molar-refractivity contribution is 6.34. The van der Waals surface area contributed by atoms with Gasteiger partial charge in [0.2, 0.25) is 11.8 Å². The number of nitrogens with zero attached hydrogens (tertiary/aromatic N) is 4. The molecule has 0 atom stereocenters. The third kappa shape index (κ3) is 10.0. The van der Waals surface area contributed by atoms with E-state index < -0.39 is 11.8 Å². The van der Waals surface area contributed by atoms with E-state index in [2.05, 4.69) is 31.1 Å². The molecule has 4 aromatic carbocycles. The van der Waals surface area contributed by atoms with Crippen LogP contribution in [0.4, 0.5) is 22.7 Å². The molecule has 2 N–H and O–H groups in total. The molecule has 0 aliphatic rings. The number of carbonyl (C=O) groups excluding carboxylic acids is 4. The Morgan fingerprint density at radius 2 is 0.932 bits per heavy atom. The topological polar surface area (TPSA) is 142 Å². The van der Waals surface area contributed by atoms with Gasteiger partial charge in [0.25, 0.3) is 0 Å². The summed E-state index contributed by atoms with van der Waals surface area (Å²) >= 11 is 12.8. The molecule has 0 fully saturated rings. The SMILES string of the molecule is O=C(CN=Nc1ccc(-c2ccc(N=NCC(=O)CC(=O)Nc3ccccc3)c(Cl)c2)cc1Cl)CC(=O)Nc1ccccc1. The molecule has 0 aliphatic heterocycles. The van der Waals surface area contributed by atoms with E-state index in [-0.39, 0.29) is 37.5 Å². The van der Waals surface area contributed by atoms with E-state index in [9.17, 15) is 19.2 Å². The Hall–Kier alpha value is -5.06. The van der Waals surface area contributed by atoms with Crippen LogP contribution in [0.1, 0.15) is 12.8 Å². The van der Waals surface area contributed by atoms with Crippen molar-refractivity contribution in [3.8, 4) is 11.1 Å². The minimum absolute atomic E-state index is 0.265. The summed E-state index contributed by atoms with van der Waals surface area (Å²) in [5, 5.41) is 21.7. The van der Waals surface area contributed by atoms with Crippen LogP contribution >= 0.6 is 23.2 Å². The highest BCUT2D eigenvalue weighted by Gasteiger charge is 2.12. The number of benzene rings is 4. The molecule has 0 aliphatic carbocycles. The number of hydrogen-bond acceptors (Lipinski definition) is 8. The molecule has 12 heteroatoms. The first-order valence-electron chi connectivity index (χ1n) is 13.3. The first-order valence-corrected chi connectivity index (χ1v) is 14.1. The number of Topliss-reactive ketones (excluding diaryl/α,β-unsaturated/α-hetero) is 2. The van der Waals surface area contributed by atoms with Crippen molar-refractivity contribution in [1.29, 1.82) is 0 Å². The van der Waals surface area contributed by atoms with Crippen molar-refractivity contribution in [2.75, 3.05) is 23.7 Å². The molecule has 2 amide bonds. The van der Waals surface area contributed by atoms with Crippen molar-refractivity contribution in [3.05, 3.63) is 107 Å². The summed E-state index contributed by atoms with van der Waals surface area (Å²) < 4.78 is 0. The zero-order valence-corrected chi connectivity index (χ0v) is 24.8. The summed E-state index contributed by atoms with van der Waals surface area (Å²) in [5.74, 6) is -1.64. The molecule has 4 aromatic rings. The molecule has 0 saturated heterocycles. The van der Waals surface area contributed by atoms with Gasteiger partial charge in [0.1, 0.15) is 24.5 Å². The van der Waals surface area contributed by atoms with Crippen LogP contribution < -0.4 is 10.6 Å². The second-order valence-corrected chi connectivity index (χ2v) is 10.2. The zero-order chi connectivity index (χ0) is 31.3. The van der Waals surface area contributed by atoms with Gasteiger partial charge in [0.15, 0.2) is 11.6 Å². The summed E-state index contributed by atoms with van der Waals surface area (Å²) in [6.07, 6.45) is -0.641. The number of hydrogen-bond donors (Lipinski definition) is 2. The van der Waals surface area contributed by atoms with E-state index in [0.29, 0.717) is 32.8 Å². The van der Waals surface area contributed by atoms with Crippen LogP contribution in [0, 0.1) is 0 Å². The first kappa shape index (κ1) is 31.9. The van der Waals surface area contributed by atoms with Crippen molar-refractivity contribution in [3.63, 3.8) is 0 Å². The Bertz CT molecular complexity index is 1590. The van der Waals surface area contributed by atoms with E-state index in [1.165, 1.54) is 0 Å². The van der Waals surface area contributed by atoms with Crippen molar-refractivity contribution in [1.82, 2.24) is 0 Å². The van der Waals surface area contributed by atoms with Gasteiger partial charge < -0.3 is 10.6 Å². The van der Waals surface area contributed by atoms with Gasteiger partial charge in [-0.2, -0.15) is 20.5 Å². The van der Waals surface area contributed by atoms with Gasteiger partial charge in [0.05, 0.1) is 22.9 Å². The molecule has 222 valence electrons. The Morgan fingerprint density at radius 3 is 1.30 bits per heavy atom. The molecule has 0 aromatic heterocycles. The molecule has 0 unspecified atom stereocenters. The second-order valence-electron chi connectivity index (χ2n) is 9.39. The van der Waals surface area contributed by atoms with Gasteiger partial charge in [-0.3, -0.25) is 19.2 Å². The van der Waals surface area contributed by atoms with Crippen LogP contribution in [0.2, 0.25) is 10.0 Å². The van der Waals surface area contributed by atoms with Gasteiger partial charge in [0, 0.05) is 11.4 Å². The lowest BCUT2D eigenvalue weighted by molar-refractivity contribution is -0.126. The number of rotatable bonds is 13. The first-order chi connectivity index (χ1) is 21.3. The zero-order valence-electron chi connectivity index (χ0n) is 23.2. The van der Waals surface area contributed by atoms with E-state index in [1.807, 2.05) is 12.1 Å². The molecule has 0 bridgehead atoms. The maximum atomic E-state index is 12.1. The van der Waals surface area contributed by atoms with Crippen molar-refractivity contribution >= 4 is 69.3 Å². The third-order valence-corrected chi connectivity index (χ3v) is 6.52. The van der Waals surface area contributed by atoms with Crippen LogP contribution in [0.15, 0.2) is 118 Å². The van der Waals surface area contributed by atoms with Crippen LogP contribution in [-0.4, -0.2) is 36.5 Å². The summed E-state index contributed by atoms with van der Waals surface area (Å²) in [4.78, 5) is 48.3. The van der Waals surface area contributed by atoms with E-state index in [1.54, 1.807) is 84.9 Å². The van der Waals surface area contributed by atoms with E-state index >= 15 is 0 Å². The van der Waals surface area contributed by atoms with Crippen molar-refractivity contribution in [2.45, 2.75) is 12.8 Å². The van der Waals surface area contributed by atoms with Crippen LogP contribution in [0.25, 0.3) is 11.1 Å². The smallest absolute Gasteiger partial charge is 0.231 e. The number of para-hydroxylation sites is 2. The Balaban J connectivity index is 1.27. The van der Waals surface area contributed by atoms with Gasteiger partial charge in [-0.15, -0.1) is 0 Å². The minimum atomic E-state index is -0.429. The van der Waals surface area contributed by atoms with Gasteiger partial charge in [-0.05, 0) is 59.7 Å². The number of anilines is 2. The number of azo groups is 2. The van der Waals surface area contributed by atoms with Crippen molar-refractivity contribution < 1.29 is 19.2 Å². The van der Waals surface area contributed by atoms with Crippen LogP contribution in [-0.2, 0) is 19.2 Å². The standard InChI is InChI=1S/C32H26Cl2N6O4/c33-27-15-21(11-13-29(27)39-35-19-25(41)17-31(43)37-23-7-3-1-4-8-23)22-12-14-30(28(34)16-22)40-36-20-26(42)18-32(44)38-24-9-5-2-6-10-24/h1-16H,17-20H2,(H,37,43)(H,38,44). The summed E-state index contributed by atoms with van der Waals surface area (Å²) in [6, 6.07) is 27.9. The molecule has 0 heterocycles. The molecule has 0 saturated carbocycles.